The van der Waals surface area contributed by atoms with Gasteiger partial charge in [0.15, 0.2) is 0 Å². The molecule has 0 unspecified atom stereocenters. The minimum absolute atomic E-state index is 0.127. The monoisotopic (exact) mass is 631 g/mol. The normalized spacial score (nSPS) is 18.2. The van der Waals surface area contributed by atoms with Gasteiger partial charge < -0.3 is 24.8 Å². The maximum absolute atomic E-state index is 13.9. The van der Waals surface area contributed by atoms with Crippen LogP contribution in [0.2, 0.25) is 0 Å². The molecule has 1 saturated heterocycles. The van der Waals surface area contributed by atoms with Crippen LogP contribution in [-0.4, -0.2) is 88.0 Å². The van der Waals surface area contributed by atoms with Gasteiger partial charge in [-0.2, -0.15) is 0 Å². The van der Waals surface area contributed by atoms with Crippen molar-refractivity contribution in [3.8, 4) is 0 Å². The van der Waals surface area contributed by atoms with Crippen LogP contribution < -0.4 is 9.62 Å². The van der Waals surface area contributed by atoms with Gasteiger partial charge in [0.2, 0.25) is 0 Å². The first-order valence-electron chi connectivity index (χ1n) is 15.7. The number of aromatic amines is 1. The van der Waals surface area contributed by atoms with Crippen LogP contribution in [0.15, 0.2) is 47.4 Å². The molecule has 6 rings (SSSR count). The molecule has 3 aliphatic heterocycles. The zero-order chi connectivity index (χ0) is 31.7. The van der Waals surface area contributed by atoms with E-state index in [1.807, 2.05) is 31.2 Å². The number of hydrogen-bond donors (Lipinski definition) is 2. The van der Waals surface area contributed by atoms with Crippen LogP contribution in [0.25, 0.3) is 11.6 Å². The molecule has 1 aromatic heterocycles. The first-order valence-corrected chi connectivity index (χ1v) is 17.2. The third kappa shape index (κ3) is 6.16. The quantitative estimate of drug-likeness (QED) is 0.267. The summed E-state index contributed by atoms with van der Waals surface area (Å²) in [4.78, 5) is 34.6. The molecule has 1 fully saturated rings. The van der Waals surface area contributed by atoms with E-state index >= 15 is 0 Å². The zero-order valence-electron chi connectivity index (χ0n) is 26.2. The van der Waals surface area contributed by atoms with E-state index in [0.29, 0.717) is 52.4 Å². The summed E-state index contributed by atoms with van der Waals surface area (Å²) in [5, 5.41) is 2.88. The fraction of sp³-hybridized carbons (Fsp3) is 0.412. The molecule has 2 N–H and O–H groups in total. The van der Waals surface area contributed by atoms with E-state index in [-0.39, 0.29) is 17.4 Å². The number of carbonyl (C=O) groups excluding carboxylic acids is 2. The van der Waals surface area contributed by atoms with E-state index in [9.17, 15) is 18.0 Å². The number of rotatable bonds is 9. The molecule has 0 atom stereocenters. The number of sulfonamides is 1. The lowest BCUT2D eigenvalue weighted by molar-refractivity contribution is -0.110. The van der Waals surface area contributed by atoms with E-state index in [1.165, 1.54) is 4.31 Å². The molecule has 3 aromatic rings. The van der Waals surface area contributed by atoms with Crippen molar-refractivity contribution in [2.75, 3.05) is 62.5 Å². The molecule has 0 aliphatic carbocycles. The number of fused-ring (bicyclic) bond motifs is 2. The number of esters is 1. The van der Waals surface area contributed by atoms with Crippen molar-refractivity contribution in [3.05, 3.63) is 76.1 Å². The van der Waals surface area contributed by atoms with Gasteiger partial charge in [0.05, 0.1) is 28.3 Å². The zero-order valence-corrected chi connectivity index (χ0v) is 27.0. The highest BCUT2D eigenvalue weighted by molar-refractivity contribution is 7.92. The number of nitrogens with one attached hydrogen (secondary N) is 2. The summed E-state index contributed by atoms with van der Waals surface area (Å²) in [6.07, 6.45) is 4.78. The van der Waals surface area contributed by atoms with Crippen LogP contribution in [0.4, 0.5) is 11.4 Å². The molecule has 0 bridgehead atoms. The molecule has 0 spiro atoms. The lowest BCUT2D eigenvalue weighted by Gasteiger charge is -2.32. The van der Waals surface area contributed by atoms with Gasteiger partial charge in [-0.15, -0.1) is 0 Å². The second-order valence-corrected chi connectivity index (χ2v) is 13.9. The number of ether oxygens (including phenoxy) is 1. The lowest BCUT2D eigenvalue weighted by atomic mass is 10.00. The van der Waals surface area contributed by atoms with E-state index in [1.54, 1.807) is 31.2 Å². The number of H-pyrrole nitrogens is 1. The first-order chi connectivity index (χ1) is 21.7. The number of nitrogens with zero attached hydrogens (tertiary/aromatic N) is 3. The van der Waals surface area contributed by atoms with Crippen molar-refractivity contribution in [3.63, 3.8) is 0 Å². The van der Waals surface area contributed by atoms with Crippen molar-refractivity contribution in [2.45, 2.75) is 44.4 Å². The van der Waals surface area contributed by atoms with Gasteiger partial charge in [-0.25, -0.2) is 13.2 Å². The molecule has 2 aromatic carbocycles. The van der Waals surface area contributed by atoms with Gasteiger partial charge in [0.25, 0.3) is 15.9 Å². The van der Waals surface area contributed by atoms with Gasteiger partial charge in [-0.3, -0.25) is 9.10 Å². The van der Waals surface area contributed by atoms with E-state index < -0.39 is 16.0 Å². The number of para-hydroxylation sites is 1. The summed E-state index contributed by atoms with van der Waals surface area (Å²) < 4.78 is 34.8. The smallest absolute Gasteiger partial charge is 0.340 e. The first kappa shape index (κ1) is 31.1. The van der Waals surface area contributed by atoms with E-state index in [2.05, 4.69) is 27.1 Å². The average Bonchev–Trinajstić information content (AvgIpc) is 3.52. The number of anilines is 2. The molecule has 0 saturated carbocycles. The van der Waals surface area contributed by atoms with Crippen molar-refractivity contribution in [1.29, 1.82) is 0 Å². The van der Waals surface area contributed by atoms with Crippen LogP contribution in [0.5, 0.6) is 0 Å². The molecule has 3 aliphatic rings. The van der Waals surface area contributed by atoms with Crippen LogP contribution >= 0.6 is 0 Å². The number of benzene rings is 2. The Bertz CT molecular complexity index is 1750. The predicted molar refractivity (Wildman–Crippen MR) is 176 cm³/mol. The molecule has 4 heterocycles. The summed E-state index contributed by atoms with van der Waals surface area (Å²) in [6, 6.07) is 12.4. The highest BCUT2D eigenvalue weighted by Crippen LogP contribution is 2.38. The molecular weight excluding hydrogens is 590 g/mol. The molecular formula is C34H41N5O5S. The van der Waals surface area contributed by atoms with Crippen LogP contribution in [-0.2, 0) is 32.4 Å². The predicted octanol–water partition coefficient (Wildman–Crippen LogP) is 4.31. The number of aryl methyl sites for hydroxylation is 2. The number of aromatic nitrogens is 1. The Morgan fingerprint density at radius 2 is 1.84 bits per heavy atom. The number of carbonyl (C=O) groups is 2. The summed E-state index contributed by atoms with van der Waals surface area (Å²) in [7, 11) is -1.74. The minimum atomic E-state index is -3.87. The molecule has 238 valence electrons. The van der Waals surface area contributed by atoms with Crippen molar-refractivity contribution in [2.24, 2.45) is 0 Å². The van der Waals surface area contributed by atoms with Crippen LogP contribution in [0.3, 0.4) is 0 Å². The van der Waals surface area contributed by atoms with Crippen LogP contribution in [0.1, 0.15) is 58.2 Å². The number of hydrogen-bond acceptors (Lipinski definition) is 7. The fourth-order valence-corrected chi connectivity index (χ4v) is 8.17. The molecule has 10 nitrogen and oxygen atoms in total. The van der Waals surface area contributed by atoms with Gasteiger partial charge in [-0.1, -0.05) is 18.2 Å². The SMILES string of the molecule is CCOC(=O)c1c(C)[nH]c(C=C2C(=O)Nc3ccc(S(=O)(=O)N4CCCc5ccccc54)cc32)c1CCCN1CCN(C)CC1. The Labute approximate surface area is 265 Å². The molecule has 0 radical (unpaired) electrons. The van der Waals surface area contributed by atoms with Gasteiger partial charge in [0.1, 0.15) is 0 Å². The Morgan fingerprint density at radius 3 is 2.62 bits per heavy atom. The minimum Gasteiger partial charge on any atom is -0.462 e. The molecule has 1 amide bonds. The van der Waals surface area contributed by atoms with Crippen molar-refractivity contribution >= 4 is 44.9 Å². The third-order valence-electron chi connectivity index (χ3n) is 9.02. The topological polar surface area (TPSA) is 115 Å². The second-order valence-electron chi connectivity index (χ2n) is 12.0. The molecule has 45 heavy (non-hydrogen) atoms. The molecule has 11 heteroatoms. The standard InChI is InChI=1S/C34H41N5O5S/c1-4-44-34(41)32-23(2)35-30(26(32)11-8-15-38-19-17-37(3)18-20-38)22-28-27-21-25(13-14-29(27)36-33(28)40)45(42,43)39-16-7-10-24-9-5-6-12-31(24)39/h5-6,9,12-14,21-22,35H,4,7-8,10-11,15-20H2,1-3H3,(H,36,40). The van der Waals surface area contributed by atoms with Crippen molar-refractivity contribution < 1.29 is 22.7 Å². The second kappa shape index (κ2) is 12.8. The highest BCUT2D eigenvalue weighted by Gasteiger charge is 2.32. The van der Waals surface area contributed by atoms with E-state index in [0.717, 1.165) is 63.1 Å². The average molecular weight is 632 g/mol. The maximum atomic E-state index is 13.9. The maximum Gasteiger partial charge on any atom is 0.340 e. The lowest BCUT2D eigenvalue weighted by Crippen LogP contribution is -2.44. The number of piperazine rings is 1. The number of amides is 1. The van der Waals surface area contributed by atoms with Crippen molar-refractivity contribution in [1.82, 2.24) is 14.8 Å². The summed E-state index contributed by atoms with van der Waals surface area (Å²) in [6.45, 7) is 9.26. The Balaban J connectivity index is 1.33. The summed E-state index contributed by atoms with van der Waals surface area (Å²) in [5.74, 6) is -0.715. The fourth-order valence-electron chi connectivity index (χ4n) is 6.61. The highest BCUT2D eigenvalue weighted by atomic mass is 32.2. The Kier molecular flexibility index (Phi) is 8.85. The Morgan fingerprint density at radius 1 is 1.07 bits per heavy atom. The third-order valence-corrected chi connectivity index (χ3v) is 10.8. The number of likely N-dealkylation sites (N-methyl/N-ethyl adjacent to an activating group) is 1. The van der Waals surface area contributed by atoms with E-state index in [4.69, 9.17) is 4.74 Å². The van der Waals surface area contributed by atoms with Gasteiger partial charge in [-0.05, 0) is 94.6 Å². The summed E-state index contributed by atoms with van der Waals surface area (Å²) in [5.41, 5.74) is 5.75. The Hall–Kier alpha value is -3.93. The van der Waals surface area contributed by atoms with Gasteiger partial charge in [0, 0.05) is 55.4 Å². The largest absolute Gasteiger partial charge is 0.462 e. The van der Waals surface area contributed by atoms with Gasteiger partial charge >= 0.3 is 5.97 Å². The van der Waals surface area contributed by atoms with Crippen LogP contribution in [0, 0.1) is 6.92 Å². The summed E-state index contributed by atoms with van der Waals surface area (Å²) >= 11 is 0.